The summed E-state index contributed by atoms with van der Waals surface area (Å²) in [5.74, 6) is 1.78. The normalized spacial score (nSPS) is 28.5. The molecule has 42 heavy (non-hydrogen) atoms. The largest absolute Gasteiger partial charge is 0.497 e. The molecule has 2 saturated carbocycles. The molecule has 3 aliphatic heterocycles. The molecule has 220 valence electrons. The van der Waals surface area contributed by atoms with E-state index in [0.717, 1.165) is 43.6 Å². The van der Waals surface area contributed by atoms with Crippen molar-refractivity contribution in [3.05, 3.63) is 53.1 Å². The molecule has 2 aromatic carbocycles. The zero-order chi connectivity index (χ0) is 28.7. The summed E-state index contributed by atoms with van der Waals surface area (Å²) in [6.07, 6.45) is 9.24. The number of amides is 2. The number of benzene rings is 2. The molecule has 4 fully saturated rings. The van der Waals surface area contributed by atoms with Crippen LogP contribution in [0.2, 0.25) is 0 Å². The smallest absolute Gasteiger partial charge is 0.251 e. The minimum Gasteiger partial charge on any atom is -0.497 e. The van der Waals surface area contributed by atoms with E-state index in [4.69, 9.17) is 4.74 Å². The Kier molecular flexibility index (Phi) is 6.01. The lowest BCUT2D eigenvalue weighted by Gasteiger charge is -2.41. The number of aromatic nitrogens is 1. The van der Waals surface area contributed by atoms with Crippen molar-refractivity contribution >= 4 is 22.7 Å². The number of nitrogens with one attached hydrogen (secondary N) is 1. The minimum absolute atomic E-state index is 0.0745. The molecule has 7 heteroatoms. The third-order valence-corrected chi connectivity index (χ3v) is 11.3. The number of carbonyl (C=O) groups excluding carboxylic acids is 2. The summed E-state index contributed by atoms with van der Waals surface area (Å²) >= 11 is 0. The SMILES string of the molecule is CNC(=O)c1ccc2c(C3CCCCC3)c3n(c2c1)CC1(C(=O)N2C4CCC2CN(C)C4)CC1c1cc(OC)ccc1-3. The van der Waals surface area contributed by atoms with E-state index in [1.54, 1.807) is 14.2 Å². The van der Waals surface area contributed by atoms with E-state index in [1.807, 2.05) is 6.07 Å². The maximum absolute atomic E-state index is 14.9. The first-order valence-electron chi connectivity index (χ1n) is 16.0. The summed E-state index contributed by atoms with van der Waals surface area (Å²) < 4.78 is 8.21. The molecule has 4 atom stereocenters. The number of nitrogens with zero attached hydrogens (tertiary/aromatic N) is 3. The number of fused-ring (bicyclic) bond motifs is 9. The number of hydrogen-bond acceptors (Lipinski definition) is 4. The highest BCUT2D eigenvalue weighted by Crippen LogP contribution is 2.66. The van der Waals surface area contributed by atoms with E-state index in [1.165, 1.54) is 59.9 Å². The Morgan fingerprint density at radius 3 is 2.45 bits per heavy atom. The number of methoxy groups -OCH3 is 1. The number of likely N-dealkylation sites (N-methyl/N-ethyl adjacent to an activating group) is 1. The van der Waals surface area contributed by atoms with Crippen molar-refractivity contribution in [1.29, 1.82) is 0 Å². The highest BCUT2D eigenvalue weighted by molar-refractivity contribution is 6.02. The van der Waals surface area contributed by atoms with Crippen LogP contribution in [0.5, 0.6) is 5.75 Å². The molecule has 4 heterocycles. The van der Waals surface area contributed by atoms with E-state index in [2.05, 4.69) is 57.1 Å². The van der Waals surface area contributed by atoms with Gasteiger partial charge in [0.1, 0.15) is 5.75 Å². The van der Waals surface area contributed by atoms with Gasteiger partial charge in [-0.1, -0.05) is 25.3 Å². The summed E-state index contributed by atoms with van der Waals surface area (Å²) in [4.78, 5) is 32.4. The second-order valence-electron chi connectivity index (χ2n) is 13.7. The van der Waals surface area contributed by atoms with Crippen LogP contribution in [-0.2, 0) is 11.3 Å². The van der Waals surface area contributed by atoms with Crippen LogP contribution >= 0.6 is 0 Å². The summed E-state index contributed by atoms with van der Waals surface area (Å²) in [6.45, 7) is 2.59. The molecule has 2 bridgehead atoms. The quantitative estimate of drug-likeness (QED) is 0.452. The van der Waals surface area contributed by atoms with Gasteiger partial charge in [0.25, 0.3) is 5.91 Å². The van der Waals surface area contributed by atoms with Gasteiger partial charge in [0.05, 0.1) is 18.2 Å². The van der Waals surface area contributed by atoms with Gasteiger partial charge in [-0.3, -0.25) is 9.59 Å². The van der Waals surface area contributed by atoms with E-state index in [-0.39, 0.29) is 11.8 Å². The molecule has 2 aliphatic carbocycles. The molecule has 3 aromatic rings. The first kappa shape index (κ1) is 26.3. The van der Waals surface area contributed by atoms with Gasteiger partial charge in [0.2, 0.25) is 5.91 Å². The number of rotatable bonds is 4. The van der Waals surface area contributed by atoms with Gasteiger partial charge in [0.15, 0.2) is 0 Å². The fourth-order valence-electron chi connectivity index (χ4n) is 9.27. The molecular formula is C35H42N4O3. The van der Waals surface area contributed by atoms with Crippen molar-refractivity contribution in [2.45, 2.75) is 81.8 Å². The van der Waals surface area contributed by atoms with Gasteiger partial charge in [-0.25, -0.2) is 0 Å². The van der Waals surface area contributed by atoms with Crippen LogP contribution in [0, 0.1) is 5.41 Å². The average Bonchev–Trinajstić information content (AvgIpc) is 3.60. The van der Waals surface area contributed by atoms with Crippen LogP contribution in [0.25, 0.3) is 22.2 Å². The monoisotopic (exact) mass is 566 g/mol. The van der Waals surface area contributed by atoms with Crippen molar-refractivity contribution in [1.82, 2.24) is 19.7 Å². The Labute approximate surface area is 248 Å². The van der Waals surface area contributed by atoms with E-state index in [9.17, 15) is 9.59 Å². The lowest BCUT2D eigenvalue weighted by atomic mass is 9.81. The third kappa shape index (κ3) is 3.74. The number of carbonyl (C=O) groups is 2. The molecule has 4 unspecified atom stereocenters. The molecule has 8 rings (SSSR count). The third-order valence-electron chi connectivity index (χ3n) is 11.3. The summed E-state index contributed by atoms with van der Waals surface area (Å²) in [6, 6.07) is 13.4. The van der Waals surface area contributed by atoms with Gasteiger partial charge in [-0.2, -0.15) is 0 Å². The zero-order valence-corrected chi connectivity index (χ0v) is 25.1. The molecule has 5 aliphatic rings. The highest BCUT2D eigenvalue weighted by atomic mass is 16.5. The van der Waals surface area contributed by atoms with Crippen LogP contribution in [0.15, 0.2) is 36.4 Å². The second kappa shape index (κ2) is 9.60. The van der Waals surface area contributed by atoms with Gasteiger partial charge >= 0.3 is 0 Å². The number of likely N-dealkylation sites (tertiary alicyclic amines) is 1. The number of piperazine rings is 1. The lowest BCUT2D eigenvalue weighted by molar-refractivity contribution is -0.143. The molecule has 1 N–H and O–H groups in total. The predicted molar refractivity (Wildman–Crippen MR) is 164 cm³/mol. The maximum Gasteiger partial charge on any atom is 0.251 e. The Hall–Kier alpha value is -3.32. The Balaban J connectivity index is 1.35. The zero-order valence-electron chi connectivity index (χ0n) is 25.1. The molecule has 2 amide bonds. The fraction of sp³-hybridized carbons (Fsp3) is 0.543. The van der Waals surface area contributed by atoms with E-state index < -0.39 is 5.41 Å². The predicted octanol–water partition coefficient (Wildman–Crippen LogP) is 5.52. The lowest BCUT2D eigenvalue weighted by Crippen LogP contribution is -2.57. The van der Waals surface area contributed by atoms with Crippen LogP contribution in [-0.4, -0.2) is 72.6 Å². The standard InChI is InChI=1S/C35H42N4O3/c1-36-33(40)22-9-13-27-30(15-22)38-20-35(34(41)39-23-10-11-24(39)19-37(2)18-23)17-29(35)28-16-25(42-3)12-14-26(28)32(38)31(27)21-7-5-4-6-8-21/h9,12-16,21,23-24,29H,4-8,10-11,17-20H2,1-3H3,(H,36,40). The van der Waals surface area contributed by atoms with Crippen molar-refractivity contribution in [2.24, 2.45) is 5.41 Å². The van der Waals surface area contributed by atoms with Crippen molar-refractivity contribution in [3.63, 3.8) is 0 Å². The Morgan fingerprint density at radius 1 is 0.976 bits per heavy atom. The van der Waals surface area contributed by atoms with E-state index >= 15 is 0 Å². The molecule has 0 radical (unpaired) electrons. The van der Waals surface area contributed by atoms with Crippen LogP contribution in [0.1, 0.15) is 84.7 Å². The molecule has 2 saturated heterocycles. The summed E-state index contributed by atoms with van der Waals surface area (Å²) in [5, 5.41) is 4.06. The van der Waals surface area contributed by atoms with Crippen LogP contribution < -0.4 is 10.1 Å². The van der Waals surface area contributed by atoms with Crippen LogP contribution in [0.3, 0.4) is 0 Å². The minimum atomic E-state index is -0.470. The number of ether oxygens (including phenoxy) is 1. The molecular weight excluding hydrogens is 524 g/mol. The average molecular weight is 567 g/mol. The second-order valence-corrected chi connectivity index (χ2v) is 13.7. The first-order chi connectivity index (χ1) is 20.4. The molecule has 1 aromatic heterocycles. The molecule has 0 spiro atoms. The molecule has 7 nitrogen and oxygen atoms in total. The van der Waals surface area contributed by atoms with Crippen molar-refractivity contribution in [3.8, 4) is 17.0 Å². The Bertz CT molecular complexity index is 1590. The topological polar surface area (TPSA) is 66.8 Å². The Morgan fingerprint density at radius 2 is 1.74 bits per heavy atom. The van der Waals surface area contributed by atoms with Gasteiger partial charge < -0.3 is 24.4 Å². The van der Waals surface area contributed by atoms with E-state index in [0.29, 0.717) is 36.0 Å². The maximum atomic E-state index is 14.9. The van der Waals surface area contributed by atoms with Gasteiger partial charge in [0, 0.05) is 66.7 Å². The van der Waals surface area contributed by atoms with Crippen molar-refractivity contribution in [2.75, 3.05) is 34.3 Å². The van der Waals surface area contributed by atoms with Crippen LogP contribution in [0.4, 0.5) is 0 Å². The fourth-order valence-corrected chi connectivity index (χ4v) is 9.27. The highest BCUT2D eigenvalue weighted by Gasteiger charge is 2.65. The number of hydrogen-bond donors (Lipinski definition) is 1. The first-order valence-corrected chi connectivity index (χ1v) is 16.0. The van der Waals surface area contributed by atoms with Gasteiger partial charge in [-0.15, -0.1) is 0 Å². The van der Waals surface area contributed by atoms with Crippen molar-refractivity contribution < 1.29 is 14.3 Å². The van der Waals surface area contributed by atoms with Gasteiger partial charge in [-0.05, 0) is 86.5 Å². The summed E-state index contributed by atoms with van der Waals surface area (Å²) in [7, 11) is 5.61. The summed E-state index contributed by atoms with van der Waals surface area (Å²) in [5.41, 5.74) is 6.48.